The smallest absolute Gasteiger partial charge is 0.245 e. The van der Waals surface area contributed by atoms with Gasteiger partial charge in [0.05, 0.1) is 18.3 Å². The van der Waals surface area contributed by atoms with Crippen molar-refractivity contribution >= 4 is 59.1 Å². The summed E-state index contributed by atoms with van der Waals surface area (Å²) in [6.45, 7) is 6.06. The first-order valence-electron chi connectivity index (χ1n) is 25.3. The van der Waals surface area contributed by atoms with E-state index in [0.29, 0.717) is 12.0 Å². The molecule has 10 amide bonds. The number of rotatable bonds is 22. The first-order chi connectivity index (χ1) is 35.1. The molecule has 0 radical (unpaired) electrons. The molecule has 1 aliphatic rings. The number of aliphatic hydroxyl groups is 3. The van der Waals surface area contributed by atoms with E-state index in [2.05, 4.69) is 60.1 Å². The highest BCUT2D eigenvalue weighted by Crippen LogP contribution is 2.10. The van der Waals surface area contributed by atoms with Crippen LogP contribution in [0.1, 0.15) is 104 Å². The van der Waals surface area contributed by atoms with Crippen LogP contribution in [0.4, 0.5) is 0 Å². The average molecular weight is 1050 g/mol. The maximum Gasteiger partial charge on any atom is 0.245 e. The summed E-state index contributed by atoms with van der Waals surface area (Å²) in [5.74, 6) is -9.20. The van der Waals surface area contributed by atoms with Crippen molar-refractivity contribution < 1.29 is 63.3 Å². The maximum absolute atomic E-state index is 14.2. The summed E-state index contributed by atoms with van der Waals surface area (Å²) in [6.07, 6.45) is -1.32. The van der Waals surface area contributed by atoms with Gasteiger partial charge in [-0.25, -0.2) is 0 Å². The van der Waals surface area contributed by atoms with Gasteiger partial charge in [-0.2, -0.15) is 0 Å². The van der Waals surface area contributed by atoms with Crippen LogP contribution in [0.3, 0.4) is 0 Å². The van der Waals surface area contributed by atoms with Crippen LogP contribution in [0.5, 0.6) is 0 Å². The molecule has 1 saturated heterocycles. The van der Waals surface area contributed by atoms with Gasteiger partial charge in [0.1, 0.15) is 54.4 Å². The Labute approximate surface area is 431 Å². The topological polar surface area (TPSA) is 430 Å². The summed E-state index contributed by atoms with van der Waals surface area (Å²) in [5.41, 5.74) is 18.0. The predicted molar refractivity (Wildman–Crippen MR) is 270 cm³/mol. The van der Waals surface area contributed by atoms with Gasteiger partial charge in [-0.3, -0.25) is 47.9 Å². The van der Waals surface area contributed by atoms with E-state index < -0.39 is 145 Å². The number of carbonyl (C=O) groups excluding carboxylic acids is 10. The average Bonchev–Trinajstić information content (AvgIpc) is 3.34. The van der Waals surface area contributed by atoms with Crippen LogP contribution < -0.4 is 70.4 Å². The second-order valence-corrected chi connectivity index (χ2v) is 18.4. The second-order valence-electron chi connectivity index (χ2n) is 18.4. The molecule has 1 aromatic rings. The van der Waals surface area contributed by atoms with Crippen LogP contribution in [0.2, 0.25) is 0 Å². The van der Waals surface area contributed by atoms with E-state index in [0.717, 1.165) is 25.7 Å². The van der Waals surface area contributed by atoms with Crippen LogP contribution in [0.15, 0.2) is 30.3 Å². The Balaban J connectivity index is 2.62. The molecular formula is C48H81N13O13. The molecule has 1 fully saturated rings. The summed E-state index contributed by atoms with van der Waals surface area (Å²) < 4.78 is 0. The molecule has 2 rings (SSSR count). The van der Waals surface area contributed by atoms with E-state index in [-0.39, 0.29) is 51.7 Å². The molecule has 1 heterocycles. The molecule has 26 nitrogen and oxygen atoms in total. The number of hydrogen-bond donors (Lipinski definition) is 16. The number of benzene rings is 1. The van der Waals surface area contributed by atoms with Gasteiger partial charge in [0.25, 0.3) is 0 Å². The van der Waals surface area contributed by atoms with Crippen molar-refractivity contribution in [3.05, 3.63) is 35.9 Å². The van der Waals surface area contributed by atoms with Crippen molar-refractivity contribution in [2.75, 3.05) is 26.2 Å². The molecule has 1 aromatic carbocycles. The zero-order valence-corrected chi connectivity index (χ0v) is 43.1. The highest BCUT2D eigenvalue weighted by atomic mass is 16.3. The molecule has 0 aliphatic carbocycles. The SMILES string of the molecule is CCCCCCCC(=O)N[C@H](C(=O)N[C@H](C)C(=O)N[C@H]1CCNC(=O)[C@H]([C@@H](C)O)NC(=O)[C@H](CCN)NC(=O)[C@H](CCN)NC(=O)[C@H]([C@@H](C)O)NC(=O)[C@H](Cc2ccccc2)NC(=O)[C@H](CCN)NC1=O)[C@@H](C)O. The van der Waals surface area contributed by atoms with E-state index in [9.17, 15) is 63.3 Å². The minimum Gasteiger partial charge on any atom is -0.391 e. The lowest BCUT2D eigenvalue weighted by atomic mass is 10.0. The lowest BCUT2D eigenvalue weighted by Crippen LogP contribution is -2.62. The number of hydrogen-bond acceptors (Lipinski definition) is 16. The molecular weight excluding hydrogens is 967 g/mol. The van der Waals surface area contributed by atoms with Gasteiger partial charge in [-0.15, -0.1) is 0 Å². The first-order valence-corrected chi connectivity index (χ1v) is 25.3. The van der Waals surface area contributed by atoms with Crippen LogP contribution in [0, 0.1) is 0 Å². The highest BCUT2D eigenvalue weighted by Gasteiger charge is 2.37. The molecule has 26 heteroatoms. The summed E-state index contributed by atoms with van der Waals surface area (Å²) >= 11 is 0. The Kier molecular flexibility index (Phi) is 28.9. The third kappa shape index (κ3) is 22.0. The van der Waals surface area contributed by atoms with E-state index in [1.54, 1.807) is 30.3 Å². The molecule has 0 saturated carbocycles. The minimum atomic E-state index is -1.74. The number of unbranched alkanes of at least 4 members (excludes halogenated alkanes) is 4. The monoisotopic (exact) mass is 1050 g/mol. The lowest BCUT2D eigenvalue weighted by molar-refractivity contribution is -0.137. The lowest BCUT2D eigenvalue weighted by Gasteiger charge is -2.28. The number of amides is 10. The molecule has 1 aliphatic heterocycles. The zero-order chi connectivity index (χ0) is 55.5. The fraction of sp³-hybridized carbons (Fsp3) is 0.667. The van der Waals surface area contributed by atoms with Crippen molar-refractivity contribution in [3.63, 3.8) is 0 Å². The second kappa shape index (κ2) is 33.5. The Bertz CT molecular complexity index is 2010. The van der Waals surface area contributed by atoms with Crippen molar-refractivity contribution in [1.82, 2.24) is 53.2 Å². The van der Waals surface area contributed by atoms with Crippen molar-refractivity contribution in [2.45, 2.75) is 178 Å². The van der Waals surface area contributed by atoms with Crippen molar-refractivity contribution in [3.8, 4) is 0 Å². The van der Waals surface area contributed by atoms with Gasteiger partial charge in [-0.05, 0) is 85.0 Å². The minimum absolute atomic E-state index is 0.100. The van der Waals surface area contributed by atoms with E-state index in [1.807, 2.05) is 0 Å². The van der Waals surface area contributed by atoms with E-state index >= 15 is 0 Å². The molecule has 416 valence electrons. The Morgan fingerprint density at radius 1 is 0.595 bits per heavy atom. The van der Waals surface area contributed by atoms with Gasteiger partial charge in [0.15, 0.2) is 0 Å². The Hall–Kier alpha value is -6.32. The van der Waals surface area contributed by atoms with Crippen molar-refractivity contribution in [2.24, 2.45) is 17.2 Å². The zero-order valence-electron chi connectivity index (χ0n) is 43.1. The molecule has 0 bridgehead atoms. The standard InChI is InChI=1S/C48H81N13O13/c1-6-7-8-9-13-16-36(65)59-38(28(4)63)47(73)53-26(2)40(66)54-34-20-24-52-46(72)37(27(3)62)60-44(70)33(19-23-51)56-41(67)32(18-22-50)57-48(74)39(29(5)64)61-45(71)35(25-30-14-11-10-12-15-30)58-42(68)31(17-21-49)55-43(34)69/h10-12,14-15,26-29,31-35,37-39,62-64H,6-9,13,16-25,49-51H2,1-5H3,(H,52,72)(H,53,73)(H,54,66)(H,55,69)(H,56,67)(H,57,74)(H,58,68)(H,59,65)(H,60,70)(H,61,71)/t26-,27-,28-,29-,31+,32+,33+,34+,35+,37+,38+,39+/m1/s1. The van der Waals surface area contributed by atoms with Gasteiger partial charge in [-0.1, -0.05) is 62.9 Å². The summed E-state index contributed by atoms with van der Waals surface area (Å²) in [5, 5.41) is 56.6. The third-order valence-electron chi connectivity index (χ3n) is 12.0. The number of nitrogens with one attached hydrogen (secondary N) is 10. The van der Waals surface area contributed by atoms with Crippen LogP contribution in [0.25, 0.3) is 0 Å². The summed E-state index contributed by atoms with van der Waals surface area (Å²) in [4.78, 5) is 137. The van der Waals surface area contributed by atoms with E-state index in [1.165, 1.54) is 27.7 Å². The van der Waals surface area contributed by atoms with Gasteiger partial charge in [0, 0.05) is 19.4 Å². The van der Waals surface area contributed by atoms with Crippen LogP contribution in [-0.4, -0.2) is 173 Å². The fourth-order valence-corrected chi connectivity index (χ4v) is 7.69. The summed E-state index contributed by atoms with van der Waals surface area (Å²) in [7, 11) is 0. The van der Waals surface area contributed by atoms with Gasteiger partial charge >= 0.3 is 0 Å². The van der Waals surface area contributed by atoms with Gasteiger partial charge in [0.2, 0.25) is 59.1 Å². The molecule has 12 atom stereocenters. The largest absolute Gasteiger partial charge is 0.391 e. The van der Waals surface area contributed by atoms with Crippen molar-refractivity contribution in [1.29, 1.82) is 0 Å². The molecule has 0 unspecified atom stereocenters. The first kappa shape index (κ1) is 63.8. The van der Waals surface area contributed by atoms with Crippen LogP contribution >= 0.6 is 0 Å². The molecule has 0 aromatic heterocycles. The maximum atomic E-state index is 14.2. The highest BCUT2D eigenvalue weighted by molar-refractivity contribution is 5.99. The summed E-state index contributed by atoms with van der Waals surface area (Å²) in [6, 6.07) is -5.33. The third-order valence-corrected chi connectivity index (χ3v) is 12.0. The normalized spacial score (nSPS) is 24.1. The van der Waals surface area contributed by atoms with E-state index in [4.69, 9.17) is 17.2 Å². The predicted octanol–water partition coefficient (Wildman–Crippen LogP) is -5.32. The quantitative estimate of drug-likeness (QED) is 0.0482. The molecule has 19 N–H and O–H groups in total. The number of nitrogens with two attached hydrogens (primary N) is 3. The Morgan fingerprint density at radius 3 is 1.58 bits per heavy atom. The Morgan fingerprint density at radius 2 is 1.07 bits per heavy atom. The fourth-order valence-electron chi connectivity index (χ4n) is 7.69. The number of carbonyl (C=O) groups is 10. The van der Waals surface area contributed by atoms with Gasteiger partial charge < -0.3 is 85.7 Å². The molecule has 74 heavy (non-hydrogen) atoms. The van der Waals surface area contributed by atoms with Crippen LogP contribution in [-0.2, 0) is 54.4 Å². The number of aliphatic hydroxyl groups excluding tert-OH is 3. The molecule has 0 spiro atoms.